The van der Waals surface area contributed by atoms with Crippen LogP contribution in [0.5, 0.6) is 0 Å². The highest BCUT2D eigenvalue weighted by Crippen LogP contribution is 2.09. The van der Waals surface area contributed by atoms with E-state index in [1.165, 1.54) is 17.1 Å². The fourth-order valence-electron chi connectivity index (χ4n) is 1.35. The van der Waals surface area contributed by atoms with E-state index in [1.807, 2.05) is 0 Å². The van der Waals surface area contributed by atoms with Crippen LogP contribution in [-0.4, -0.2) is 38.0 Å². The van der Waals surface area contributed by atoms with Gasteiger partial charge in [-0.05, 0) is 20.3 Å². The first-order chi connectivity index (χ1) is 8.34. The molecule has 1 heterocycles. The van der Waals surface area contributed by atoms with Gasteiger partial charge in [0.05, 0.1) is 17.6 Å². The lowest BCUT2D eigenvalue weighted by Gasteiger charge is -2.26. The highest BCUT2D eigenvalue weighted by Gasteiger charge is 2.17. The predicted octanol–water partition coefficient (Wildman–Crippen LogP) is 0.930. The fraction of sp³-hybridized carbons (Fsp3) is 0.727. The van der Waals surface area contributed by atoms with Gasteiger partial charge in [0.2, 0.25) is 0 Å². The van der Waals surface area contributed by atoms with E-state index >= 15 is 0 Å². The minimum atomic E-state index is -0.629. The van der Waals surface area contributed by atoms with Gasteiger partial charge in [-0.15, -0.1) is 0 Å². The molecule has 2 N–H and O–H groups in total. The Labute approximate surface area is 106 Å². The fourth-order valence-corrected chi connectivity index (χ4v) is 1.35. The summed E-state index contributed by atoms with van der Waals surface area (Å²) in [6, 6.07) is 0. The number of nitrogens with one attached hydrogen (secondary N) is 1. The van der Waals surface area contributed by atoms with Gasteiger partial charge in [-0.1, -0.05) is 6.92 Å². The van der Waals surface area contributed by atoms with Crippen molar-refractivity contribution >= 4 is 5.69 Å². The van der Waals surface area contributed by atoms with Crippen LogP contribution in [0.3, 0.4) is 0 Å². The number of nitrogens with zero attached hydrogens (tertiary/aromatic N) is 3. The van der Waals surface area contributed by atoms with Gasteiger partial charge in [0.25, 0.3) is 0 Å². The molecule has 0 bridgehead atoms. The third-order valence-corrected chi connectivity index (χ3v) is 2.93. The van der Waals surface area contributed by atoms with Crippen molar-refractivity contribution in [3.63, 3.8) is 0 Å². The second kappa shape index (κ2) is 5.92. The second-order valence-corrected chi connectivity index (χ2v) is 4.95. The molecule has 1 rings (SSSR count). The van der Waals surface area contributed by atoms with E-state index in [4.69, 9.17) is 0 Å². The van der Waals surface area contributed by atoms with E-state index in [-0.39, 0.29) is 17.8 Å². The lowest BCUT2D eigenvalue weighted by molar-refractivity contribution is -0.385. The topological polar surface area (TPSA) is 93.2 Å². The summed E-state index contributed by atoms with van der Waals surface area (Å²) < 4.78 is 1.38. The highest BCUT2D eigenvalue weighted by atomic mass is 16.6. The Hall–Kier alpha value is -1.47. The Morgan fingerprint density at radius 3 is 2.83 bits per heavy atom. The van der Waals surface area contributed by atoms with Crippen molar-refractivity contribution in [1.29, 1.82) is 0 Å². The van der Waals surface area contributed by atoms with Crippen LogP contribution in [-0.2, 0) is 6.54 Å². The van der Waals surface area contributed by atoms with Gasteiger partial charge in [-0.2, -0.15) is 5.10 Å². The highest BCUT2D eigenvalue weighted by molar-refractivity contribution is 5.20. The molecular formula is C11H20N4O3. The molecule has 0 saturated heterocycles. The first kappa shape index (κ1) is 14.6. The van der Waals surface area contributed by atoms with E-state index in [9.17, 15) is 15.2 Å². The molecule has 0 aromatic carbocycles. The number of nitro groups is 1. The second-order valence-electron chi connectivity index (χ2n) is 4.95. The Morgan fingerprint density at radius 2 is 2.33 bits per heavy atom. The summed E-state index contributed by atoms with van der Waals surface area (Å²) in [4.78, 5) is 9.97. The van der Waals surface area contributed by atoms with Crippen LogP contribution in [0.4, 0.5) is 5.69 Å². The average molecular weight is 256 g/mol. The molecule has 18 heavy (non-hydrogen) atoms. The maximum absolute atomic E-state index is 10.5. The predicted molar refractivity (Wildman–Crippen MR) is 67.3 cm³/mol. The smallest absolute Gasteiger partial charge is 0.306 e. The molecule has 0 amide bonds. The first-order valence-electron chi connectivity index (χ1n) is 5.94. The molecule has 0 aliphatic heterocycles. The molecule has 7 heteroatoms. The van der Waals surface area contributed by atoms with Gasteiger partial charge >= 0.3 is 5.69 Å². The zero-order chi connectivity index (χ0) is 13.8. The zero-order valence-corrected chi connectivity index (χ0v) is 11.0. The van der Waals surface area contributed by atoms with E-state index in [0.717, 1.165) is 6.42 Å². The summed E-state index contributed by atoms with van der Waals surface area (Å²) in [6.45, 7) is 6.84. The van der Waals surface area contributed by atoms with Crippen LogP contribution in [0.15, 0.2) is 12.4 Å². The molecule has 1 aromatic rings. The Kier molecular flexibility index (Phi) is 4.80. The maximum atomic E-state index is 10.5. The first-order valence-corrected chi connectivity index (χ1v) is 5.94. The number of aromatic nitrogens is 2. The Morgan fingerprint density at radius 1 is 1.67 bits per heavy atom. The number of hydrogen-bond donors (Lipinski definition) is 2. The molecule has 102 valence electrons. The SMILES string of the molecule is CCC(C)(C)NCC(O)Cn1cc([N+](=O)[O-])cn1. The molecule has 1 aromatic heterocycles. The van der Waals surface area contributed by atoms with Crippen LogP contribution < -0.4 is 5.32 Å². The molecule has 7 nitrogen and oxygen atoms in total. The normalized spacial score (nSPS) is 13.6. The van der Waals surface area contributed by atoms with Crippen molar-refractivity contribution < 1.29 is 10.0 Å². The molecule has 0 aliphatic rings. The number of aliphatic hydroxyl groups is 1. The third-order valence-electron chi connectivity index (χ3n) is 2.93. The maximum Gasteiger partial charge on any atom is 0.306 e. The van der Waals surface area contributed by atoms with Crippen molar-refractivity contribution in [3.05, 3.63) is 22.5 Å². The van der Waals surface area contributed by atoms with Crippen LogP contribution in [0.2, 0.25) is 0 Å². The molecule has 0 radical (unpaired) electrons. The van der Waals surface area contributed by atoms with Crippen molar-refractivity contribution in [2.45, 2.75) is 45.4 Å². The summed E-state index contributed by atoms with van der Waals surface area (Å²) in [5.74, 6) is 0. The zero-order valence-electron chi connectivity index (χ0n) is 11.0. The summed E-state index contributed by atoms with van der Waals surface area (Å²) >= 11 is 0. The molecule has 0 fully saturated rings. The minimum Gasteiger partial charge on any atom is -0.390 e. The summed E-state index contributed by atoms with van der Waals surface area (Å²) in [5, 5.41) is 27.4. The van der Waals surface area contributed by atoms with Crippen molar-refractivity contribution in [3.8, 4) is 0 Å². The van der Waals surface area contributed by atoms with Crippen LogP contribution >= 0.6 is 0 Å². The average Bonchev–Trinajstić information content (AvgIpc) is 2.75. The molecular weight excluding hydrogens is 236 g/mol. The van der Waals surface area contributed by atoms with Gasteiger partial charge < -0.3 is 10.4 Å². The van der Waals surface area contributed by atoms with Crippen molar-refractivity contribution in [2.75, 3.05) is 6.54 Å². The number of aliphatic hydroxyl groups excluding tert-OH is 1. The quantitative estimate of drug-likeness (QED) is 0.559. The van der Waals surface area contributed by atoms with Gasteiger partial charge in [0.15, 0.2) is 0 Å². The van der Waals surface area contributed by atoms with Crippen LogP contribution in [0.25, 0.3) is 0 Å². The molecule has 1 atom stereocenters. The number of β-amino-alcohol motifs (C(OH)–C–C–N with tert-alkyl or cyclic N) is 1. The lowest BCUT2D eigenvalue weighted by atomic mass is 10.0. The van der Waals surface area contributed by atoms with Gasteiger partial charge in [-0.3, -0.25) is 14.8 Å². The largest absolute Gasteiger partial charge is 0.390 e. The van der Waals surface area contributed by atoms with E-state index < -0.39 is 11.0 Å². The molecule has 0 aliphatic carbocycles. The van der Waals surface area contributed by atoms with Gasteiger partial charge in [-0.25, -0.2) is 0 Å². The summed E-state index contributed by atoms with van der Waals surface area (Å²) in [6.07, 6.45) is 2.81. The minimum absolute atomic E-state index is 0.0307. The van der Waals surface area contributed by atoms with E-state index in [2.05, 4.69) is 31.2 Å². The Bertz CT molecular complexity index is 403. The lowest BCUT2D eigenvalue weighted by Crippen LogP contribution is -2.43. The molecule has 1 unspecified atom stereocenters. The molecule has 0 spiro atoms. The van der Waals surface area contributed by atoms with Crippen LogP contribution in [0, 0.1) is 10.1 Å². The van der Waals surface area contributed by atoms with Gasteiger partial charge in [0.1, 0.15) is 12.4 Å². The van der Waals surface area contributed by atoms with Gasteiger partial charge in [0, 0.05) is 12.1 Å². The summed E-state index contributed by atoms with van der Waals surface area (Å²) in [7, 11) is 0. The number of rotatable bonds is 7. The van der Waals surface area contributed by atoms with E-state index in [1.54, 1.807) is 0 Å². The monoisotopic (exact) mass is 256 g/mol. The van der Waals surface area contributed by atoms with Crippen LogP contribution in [0.1, 0.15) is 27.2 Å². The summed E-state index contributed by atoms with van der Waals surface area (Å²) in [5.41, 5.74) is -0.0964. The number of hydrogen-bond acceptors (Lipinski definition) is 5. The van der Waals surface area contributed by atoms with Crippen molar-refractivity contribution in [2.24, 2.45) is 0 Å². The Balaban J connectivity index is 2.44. The third kappa shape index (κ3) is 4.42. The van der Waals surface area contributed by atoms with Crippen molar-refractivity contribution in [1.82, 2.24) is 15.1 Å². The molecule has 0 saturated carbocycles. The van der Waals surface area contributed by atoms with E-state index in [0.29, 0.717) is 6.54 Å². The standard InChI is InChI=1S/C11H20N4O3/c1-4-11(2,3)12-6-10(16)8-14-7-9(5-13-14)15(17)18/h5,7,10,12,16H,4,6,8H2,1-3H3.